The average molecular weight is 697 g/mol. The molecule has 0 amide bonds. The van der Waals surface area contributed by atoms with Gasteiger partial charge in [-0.1, -0.05) is 0 Å². The van der Waals surface area contributed by atoms with Crippen LogP contribution in [0.15, 0.2) is 57.6 Å². The van der Waals surface area contributed by atoms with Crippen molar-refractivity contribution in [1.82, 2.24) is 29.7 Å². The molecule has 0 bridgehead atoms. The van der Waals surface area contributed by atoms with E-state index >= 15 is 0 Å². The maximum Gasteiger partial charge on any atom is 3.00 e. The van der Waals surface area contributed by atoms with Gasteiger partial charge in [0.1, 0.15) is 11.4 Å². The molecule has 233 valence electrons. The average Bonchev–Trinajstić information content (AvgIpc) is 3.65. The first-order valence-electron chi connectivity index (χ1n) is 12.2. The van der Waals surface area contributed by atoms with Crippen LogP contribution in [0, 0.1) is 0 Å². The molecule has 0 atom stereocenters. The Kier molecular flexibility index (Phi) is 14.0. The molecule has 0 aromatic carbocycles. The summed E-state index contributed by atoms with van der Waals surface area (Å²) in [4.78, 5) is 20.4. The largest absolute Gasteiger partial charge is 3.00 e. The summed E-state index contributed by atoms with van der Waals surface area (Å²) in [5.74, 6) is 0. The van der Waals surface area contributed by atoms with E-state index in [4.69, 9.17) is 25.3 Å². The van der Waals surface area contributed by atoms with Crippen LogP contribution >= 0.6 is 7.81 Å². The minimum Gasteiger partial charge on any atom is 3.00 e. The van der Waals surface area contributed by atoms with Crippen molar-refractivity contribution in [2.45, 2.75) is 39.5 Å². The van der Waals surface area contributed by atoms with Crippen molar-refractivity contribution in [3.63, 3.8) is 0 Å². The third-order valence-corrected chi connectivity index (χ3v) is 5.87. The van der Waals surface area contributed by atoms with Crippen molar-refractivity contribution in [1.29, 1.82) is 0 Å². The number of hydrogen-bond acceptors (Lipinski definition) is 10. The molecule has 0 N–H and O–H groups in total. The molecule has 4 rings (SSSR count). The minimum absolute atomic E-state index is 0. The molecule has 0 unspecified atom stereocenters. The summed E-state index contributed by atoms with van der Waals surface area (Å²) in [5, 5.41) is 17.4. The van der Waals surface area contributed by atoms with Crippen LogP contribution < -0.4 is 0 Å². The Morgan fingerprint density at radius 2 is 0.952 bits per heavy atom. The summed E-state index contributed by atoms with van der Waals surface area (Å²) < 4.78 is 59.2. The van der Waals surface area contributed by atoms with Gasteiger partial charge < -0.3 is 35.1 Å². The summed E-state index contributed by atoms with van der Waals surface area (Å²) in [6.07, 6.45) is 14.6. The zero-order valence-electron chi connectivity index (χ0n) is 22.5. The van der Waals surface area contributed by atoms with Gasteiger partial charge in [-0.25, -0.2) is 0 Å². The number of halogens is 6. The second kappa shape index (κ2) is 15.8. The van der Waals surface area contributed by atoms with Gasteiger partial charge >= 0.3 is 50.1 Å². The van der Waals surface area contributed by atoms with E-state index in [9.17, 15) is 25.2 Å². The SMILES string of the molecule is C/C(=N\N=C(/[S-])N1CCCC1)c1cnccn1.C/C(=N\N=C(/[S-])N1CCCC1)c1cnccn1.F[P-](F)(F)(F)(F)F.[Fe+3]. The second-order valence-electron chi connectivity index (χ2n) is 8.66. The van der Waals surface area contributed by atoms with E-state index in [0.29, 0.717) is 10.3 Å². The molecule has 20 heteroatoms. The van der Waals surface area contributed by atoms with Crippen LogP contribution in [0.25, 0.3) is 0 Å². The summed E-state index contributed by atoms with van der Waals surface area (Å²) in [6, 6.07) is 0. The second-order valence-corrected chi connectivity index (χ2v) is 11.3. The first-order valence-corrected chi connectivity index (χ1v) is 15.0. The Bertz CT molecular complexity index is 1150. The normalized spacial score (nSPS) is 18.1. The number of rotatable bonds is 4. The Morgan fingerprint density at radius 1 is 0.643 bits per heavy atom. The molecule has 2 aromatic rings. The van der Waals surface area contributed by atoms with E-state index in [0.717, 1.165) is 49.0 Å². The predicted octanol–water partition coefficient (Wildman–Crippen LogP) is 5.78. The molecule has 42 heavy (non-hydrogen) atoms. The van der Waals surface area contributed by atoms with Crippen molar-refractivity contribution in [3.8, 4) is 0 Å². The number of likely N-dealkylation sites (tertiary alicyclic amines) is 2. The molecule has 4 heterocycles. The minimum atomic E-state index is -10.7. The van der Waals surface area contributed by atoms with Crippen molar-refractivity contribution >= 4 is 54.8 Å². The van der Waals surface area contributed by atoms with Gasteiger partial charge in [0.25, 0.3) is 0 Å². The van der Waals surface area contributed by atoms with E-state index in [1.807, 2.05) is 13.8 Å². The van der Waals surface area contributed by atoms with Crippen LogP contribution in [-0.4, -0.2) is 77.7 Å². The fraction of sp³-hybridized carbons (Fsp3) is 0.455. The van der Waals surface area contributed by atoms with E-state index in [2.05, 4.69) is 50.1 Å². The molecule has 0 aliphatic carbocycles. The van der Waals surface area contributed by atoms with Gasteiger partial charge in [0.15, 0.2) is 0 Å². The van der Waals surface area contributed by atoms with Crippen molar-refractivity contribution in [3.05, 3.63) is 48.6 Å². The molecule has 0 spiro atoms. The quantitative estimate of drug-likeness (QED) is 0.0754. The first-order chi connectivity index (χ1) is 19.0. The number of nitrogens with zero attached hydrogens (tertiary/aromatic N) is 10. The first kappa shape index (κ1) is 37.4. The van der Waals surface area contributed by atoms with Gasteiger partial charge in [-0.15, -0.1) is 0 Å². The van der Waals surface area contributed by atoms with E-state index in [1.54, 1.807) is 37.2 Å². The van der Waals surface area contributed by atoms with Crippen LogP contribution in [0.4, 0.5) is 25.2 Å². The van der Waals surface area contributed by atoms with Gasteiger partial charge in [-0.2, -0.15) is 20.4 Å². The molecule has 2 fully saturated rings. The molecular weight excluding hydrogens is 669 g/mol. The Morgan fingerprint density at radius 3 is 1.21 bits per heavy atom. The summed E-state index contributed by atoms with van der Waals surface area (Å²) in [5.41, 5.74) is 2.89. The molecule has 0 saturated carbocycles. The topological polar surface area (TPSA) is 107 Å². The summed E-state index contributed by atoms with van der Waals surface area (Å²) >= 11 is 10.4. The van der Waals surface area contributed by atoms with Gasteiger partial charge in [-0.3, -0.25) is 19.9 Å². The van der Waals surface area contributed by atoms with Gasteiger partial charge in [0, 0.05) is 61.3 Å². The summed E-state index contributed by atoms with van der Waals surface area (Å²) in [6.45, 7) is 7.65. The molecule has 2 aliphatic rings. The Hall–Kier alpha value is -2.59. The maximum atomic E-state index is 9.87. The fourth-order valence-corrected chi connectivity index (χ4v) is 3.70. The molecule has 10 nitrogen and oxygen atoms in total. The van der Waals surface area contributed by atoms with E-state index in [1.165, 1.54) is 25.7 Å². The monoisotopic (exact) mass is 697 g/mol. The third kappa shape index (κ3) is 17.4. The Labute approximate surface area is 260 Å². The van der Waals surface area contributed by atoms with E-state index < -0.39 is 7.81 Å². The van der Waals surface area contributed by atoms with E-state index in [-0.39, 0.29) is 17.1 Å². The molecule has 2 aliphatic heterocycles. The van der Waals surface area contributed by atoms with Gasteiger partial charge in [-0.05, 0) is 39.5 Å². The number of amidine groups is 2. The van der Waals surface area contributed by atoms with Gasteiger partial charge in [0.05, 0.1) is 23.8 Å². The predicted molar refractivity (Wildman–Crippen MR) is 153 cm³/mol. The van der Waals surface area contributed by atoms with Crippen molar-refractivity contribution < 1.29 is 42.3 Å². The molecule has 2 saturated heterocycles. The molecule has 2 aromatic heterocycles. The van der Waals surface area contributed by atoms with Crippen LogP contribution in [0.3, 0.4) is 0 Å². The van der Waals surface area contributed by atoms with Crippen LogP contribution in [0.5, 0.6) is 0 Å². The third-order valence-electron chi connectivity index (χ3n) is 5.19. The summed E-state index contributed by atoms with van der Waals surface area (Å²) in [7, 11) is -10.7. The van der Waals surface area contributed by atoms with Crippen molar-refractivity contribution in [2.24, 2.45) is 20.4 Å². The number of hydrogen-bond donors (Lipinski definition) is 0. The van der Waals surface area contributed by atoms with Crippen LogP contribution in [-0.2, 0) is 42.3 Å². The van der Waals surface area contributed by atoms with Crippen LogP contribution in [0.1, 0.15) is 50.9 Å². The molecule has 1 radical (unpaired) electrons. The fourth-order valence-electron chi connectivity index (χ4n) is 3.25. The maximum absolute atomic E-state index is 10.7. The smallest absolute Gasteiger partial charge is 3.00 e. The molecular formula is C22H28F6FeN10PS2. The van der Waals surface area contributed by atoms with Crippen molar-refractivity contribution in [2.75, 3.05) is 26.2 Å². The van der Waals surface area contributed by atoms with Crippen LogP contribution in [0.2, 0.25) is 0 Å². The Balaban J connectivity index is 0.000000338. The zero-order chi connectivity index (χ0) is 30.6. The zero-order valence-corrected chi connectivity index (χ0v) is 26.1. The number of aromatic nitrogens is 4. The van der Waals surface area contributed by atoms with Gasteiger partial charge in [0.2, 0.25) is 0 Å². The standard InChI is InChI=1S/2C11H15N5S.F6P.Fe/c2*1-9(10-8-12-4-5-13-10)14-15-11(17)16-6-2-3-7-16;1-7(2,3,4,5)6;/h2*4-5,8H,2-3,6-7H2,1H3,(H,15,17);;/q;;-1;+3/p-2/b2*14-9+;;.